The summed E-state index contributed by atoms with van der Waals surface area (Å²) in [4.78, 5) is 25.1. The fourth-order valence-corrected chi connectivity index (χ4v) is 2.10. The van der Waals surface area contributed by atoms with Crippen molar-refractivity contribution in [1.29, 1.82) is 0 Å². The number of nitrogens with one attached hydrogen (secondary N) is 1. The van der Waals surface area contributed by atoms with E-state index in [1.807, 2.05) is 0 Å². The van der Waals surface area contributed by atoms with Gasteiger partial charge in [-0.3, -0.25) is 9.78 Å². The van der Waals surface area contributed by atoms with Gasteiger partial charge in [-0.1, -0.05) is 0 Å². The molecule has 6 heteroatoms. The molecule has 0 radical (unpaired) electrons. The predicted octanol–water partition coefficient (Wildman–Crippen LogP) is -0.324. The smallest absolute Gasteiger partial charge is 0.328 e. The van der Waals surface area contributed by atoms with Crippen LogP contribution in [0.25, 0.3) is 0 Å². The molecule has 1 aliphatic rings. The third kappa shape index (κ3) is 2.48. The summed E-state index contributed by atoms with van der Waals surface area (Å²) in [5, 5.41) is 8.83. The highest BCUT2D eigenvalue weighted by atomic mass is 16.5. The lowest BCUT2D eigenvalue weighted by Gasteiger charge is -2.12. The van der Waals surface area contributed by atoms with Crippen molar-refractivity contribution in [3.8, 4) is 0 Å². The van der Waals surface area contributed by atoms with Gasteiger partial charge in [0.25, 0.3) is 5.56 Å². The molecule has 1 aliphatic heterocycles. The number of rotatable bonds is 3. The average molecular weight is 240 g/mol. The summed E-state index contributed by atoms with van der Waals surface area (Å²) in [7, 11) is 1.59. The van der Waals surface area contributed by atoms with Crippen molar-refractivity contribution in [2.24, 2.45) is 7.05 Å². The molecule has 1 aromatic heterocycles. The zero-order valence-corrected chi connectivity index (χ0v) is 9.68. The fraction of sp³-hybridized carbons (Fsp3) is 0.636. The first-order chi connectivity index (χ1) is 8.11. The second-order valence-electron chi connectivity index (χ2n) is 4.29. The quantitative estimate of drug-likeness (QED) is 0.758. The first-order valence-electron chi connectivity index (χ1n) is 5.68. The van der Waals surface area contributed by atoms with E-state index in [4.69, 9.17) is 9.84 Å². The van der Waals surface area contributed by atoms with E-state index in [1.54, 1.807) is 7.05 Å². The molecule has 2 atom stereocenters. The van der Waals surface area contributed by atoms with E-state index in [1.165, 1.54) is 10.8 Å². The van der Waals surface area contributed by atoms with Crippen molar-refractivity contribution in [1.82, 2.24) is 9.55 Å². The van der Waals surface area contributed by atoms with E-state index < -0.39 is 5.69 Å². The Labute approximate surface area is 97.9 Å². The van der Waals surface area contributed by atoms with Gasteiger partial charge in [-0.05, 0) is 19.3 Å². The van der Waals surface area contributed by atoms with Gasteiger partial charge in [-0.15, -0.1) is 0 Å². The van der Waals surface area contributed by atoms with Crippen LogP contribution in [0.4, 0.5) is 0 Å². The monoisotopic (exact) mass is 240 g/mol. The minimum absolute atomic E-state index is 0.00151. The van der Waals surface area contributed by atoms with Crippen molar-refractivity contribution < 1.29 is 9.84 Å². The van der Waals surface area contributed by atoms with Gasteiger partial charge in [-0.2, -0.15) is 0 Å². The van der Waals surface area contributed by atoms with Crippen LogP contribution < -0.4 is 11.2 Å². The van der Waals surface area contributed by atoms with Crippen LogP contribution in [0, 0.1) is 0 Å². The van der Waals surface area contributed by atoms with E-state index in [0.717, 1.165) is 12.8 Å². The molecule has 0 saturated carbocycles. The van der Waals surface area contributed by atoms with Crippen LogP contribution in [0.15, 0.2) is 15.8 Å². The zero-order valence-electron chi connectivity index (χ0n) is 9.68. The SMILES string of the molecule is Cn1cc(C2CCC(CCO)O2)c(=O)[nH]c1=O. The lowest BCUT2D eigenvalue weighted by Crippen LogP contribution is -2.31. The standard InChI is InChI=1S/C11H16N2O4/c1-13-6-8(10(15)12-11(13)16)9-3-2-7(17-9)4-5-14/h6-7,9,14H,2-5H2,1H3,(H,12,15,16). The number of aliphatic hydroxyl groups is 1. The molecule has 2 N–H and O–H groups in total. The highest BCUT2D eigenvalue weighted by Gasteiger charge is 2.28. The van der Waals surface area contributed by atoms with Gasteiger partial charge in [-0.25, -0.2) is 4.79 Å². The maximum Gasteiger partial charge on any atom is 0.328 e. The summed E-state index contributed by atoms with van der Waals surface area (Å²) < 4.78 is 7.00. The molecule has 0 bridgehead atoms. The maximum atomic E-state index is 11.6. The Morgan fingerprint density at radius 3 is 3.00 bits per heavy atom. The minimum Gasteiger partial charge on any atom is -0.396 e. The summed E-state index contributed by atoms with van der Waals surface area (Å²) in [5.41, 5.74) is -0.334. The van der Waals surface area contributed by atoms with Gasteiger partial charge in [0.05, 0.1) is 17.8 Å². The number of nitrogens with zero attached hydrogens (tertiary/aromatic N) is 1. The molecule has 2 rings (SSSR count). The van der Waals surface area contributed by atoms with E-state index in [0.29, 0.717) is 12.0 Å². The largest absolute Gasteiger partial charge is 0.396 e. The van der Waals surface area contributed by atoms with Crippen LogP contribution in [-0.2, 0) is 11.8 Å². The Balaban J connectivity index is 2.22. The summed E-state index contributed by atoms with van der Waals surface area (Å²) in [6.45, 7) is 0.0843. The Morgan fingerprint density at radius 2 is 2.29 bits per heavy atom. The van der Waals surface area contributed by atoms with Crippen LogP contribution in [0.2, 0.25) is 0 Å². The molecule has 0 aliphatic carbocycles. The Kier molecular flexibility index (Phi) is 3.44. The van der Waals surface area contributed by atoms with Crippen LogP contribution >= 0.6 is 0 Å². The topological polar surface area (TPSA) is 84.3 Å². The average Bonchev–Trinajstić information content (AvgIpc) is 2.72. The summed E-state index contributed by atoms with van der Waals surface area (Å²) in [6.07, 6.45) is 3.40. The molecular weight excluding hydrogens is 224 g/mol. The number of aryl methyl sites for hydroxylation is 1. The van der Waals surface area contributed by atoms with Crippen LogP contribution in [0.5, 0.6) is 0 Å². The molecule has 2 unspecified atom stereocenters. The van der Waals surface area contributed by atoms with Gasteiger partial charge < -0.3 is 14.4 Å². The fourth-order valence-electron chi connectivity index (χ4n) is 2.10. The first kappa shape index (κ1) is 12.1. The number of hydrogen-bond donors (Lipinski definition) is 2. The van der Waals surface area contributed by atoms with Crippen LogP contribution in [0.1, 0.15) is 30.9 Å². The highest BCUT2D eigenvalue weighted by Crippen LogP contribution is 2.31. The third-order valence-electron chi connectivity index (χ3n) is 3.04. The van der Waals surface area contributed by atoms with Gasteiger partial charge in [0.1, 0.15) is 0 Å². The molecule has 2 heterocycles. The molecular formula is C11H16N2O4. The van der Waals surface area contributed by atoms with Crippen molar-refractivity contribution in [3.63, 3.8) is 0 Å². The second-order valence-corrected chi connectivity index (χ2v) is 4.29. The molecule has 0 aromatic carbocycles. The van der Waals surface area contributed by atoms with Crippen molar-refractivity contribution in [2.75, 3.05) is 6.61 Å². The molecule has 1 fully saturated rings. The van der Waals surface area contributed by atoms with Gasteiger partial charge in [0.15, 0.2) is 0 Å². The molecule has 1 saturated heterocycles. The normalized spacial score (nSPS) is 24.1. The van der Waals surface area contributed by atoms with Crippen molar-refractivity contribution in [2.45, 2.75) is 31.5 Å². The summed E-state index contributed by atoms with van der Waals surface area (Å²) in [6, 6.07) is 0. The van der Waals surface area contributed by atoms with Gasteiger partial charge in [0.2, 0.25) is 0 Å². The number of aromatic amines is 1. The van der Waals surface area contributed by atoms with Crippen molar-refractivity contribution in [3.05, 3.63) is 32.6 Å². The molecule has 0 amide bonds. The van der Waals surface area contributed by atoms with E-state index >= 15 is 0 Å². The highest BCUT2D eigenvalue weighted by molar-refractivity contribution is 5.10. The molecule has 94 valence electrons. The third-order valence-corrected chi connectivity index (χ3v) is 3.04. The summed E-state index contributed by atoms with van der Waals surface area (Å²) in [5.74, 6) is 0. The molecule has 0 spiro atoms. The minimum atomic E-state index is -0.427. The molecule has 1 aromatic rings. The summed E-state index contributed by atoms with van der Waals surface area (Å²) >= 11 is 0. The number of ether oxygens (including phenoxy) is 1. The Morgan fingerprint density at radius 1 is 1.53 bits per heavy atom. The van der Waals surface area contributed by atoms with E-state index in [9.17, 15) is 9.59 Å². The molecule has 6 nitrogen and oxygen atoms in total. The van der Waals surface area contributed by atoms with E-state index in [2.05, 4.69) is 4.98 Å². The lowest BCUT2D eigenvalue weighted by molar-refractivity contribution is 0.0294. The van der Waals surface area contributed by atoms with Gasteiger partial charge in [0, 0.05) is 19.9 Å². The second kappa shape index (κ2) is 4.85. The molecule has 17 heavy (non-hydrogen) atoms. The lowest BCUT2D eigenvalue weighted by atomic mass is 10.1. The van der Waals surface area contributed by atoms with Gasteiger partial charge >= 0.3 is 5.69 Å². The predicted molar refractivity (Wildman–Crippen MR) is 60.9 cm³/mol. The van der Waals surface area contributed by atoms with Crippen LogP contribution in [0.3, 0.4) is 0 Å². The van der Waals surface area contributed by atoms with Crippen molar-refractivity contribution >= 4 is 0 Å². The van der Waals surface area contributed by atoms with E-state index in [-0.39, 0.29) is 24.4 Å². The Hall–Kier alpha value is -1.40. The number of hydrogen-bond acceptors (Lipinski definition) is 4. The number of aliphatic hydroxyl groups excluding tert-OH is 1. The number of H-pyrrole nitrogens is 1. The van der Waals surface area contributed by atoms with Crippen LogP contribution in [-0.4, -0.2) is 27.4 Å². The first-order valence-corrected chi connectivity index (χ1v) is 5.68. The Bertz CT molecular complexity index is 505. The maximum absolute atomic E-state index is 11.6. The zero-order chi connectivity index (χ0) is 12.4. The number of aromatic nitrogens is 2.